The van der Waals surface area contributed by atoms with Crippen molar-refractivity contribution in [1.29, 1.82) is 0 Å². The Morgan fingerprint density at radius 1 is 0.906 bits per heavy atom. The van der Waals surface area contributed by atoms with Crippen molar-refractivity contribution in [2.75, 3.05) is 0 Å². The fraction of sp³-hybridized carbons (Fsp3) is 0.222. The molecule has 2 heterocycles. The summed E-state index contributed by atoms with van der Waals surface area (Å²) in [5.41, 5.74) is -0.294. The summed E-state index contributed by atoms with van der Waals surface area (Å²) in [4.78, 5) is 25.6. The number of unbranched alkanes of at least 4 members (excludes halogenated alkanes) is 1. The van der Waals surface area contributed by atoms with E-state index >= 15 is 0 Å². The van der Waals surface area contributed by atoms with Gasteiger partial charge in [-0.15, -0.1) is 0 Å². The van der Waals surface area contributed by atoms with Crippen LogP contribution in [-0.4, -0.2) is 54.8 Å². The molecule has 0 aliphatic rings. The van der Waals surface area contributed by atoms with Gasteiger partial charge in [-0.05, 0) is 0 Å². The standard InChI is InChI=1S/C18H16N2O8S2Se2/c21-17-13-9-11(29-28-27-23)3-5-15(13)31-19(17)7-1-2-8-20-18(22)14-10-12(30(24,25)26)4-6-16(14)32-20/h3-6,9-10,23H,1-2,7-8H2,(H,24,25,26). The SMILES string of the molecule is O=c1c2cc(SOOO)ccc2[se]n1CCCCn1[se]c2ccc(S(=O)(=O)O)cc2c1=O. The molecule has 0 atom stereocenters. The third kappa shape index (κ3) is 5.05. The second kappa shape index (κ2) is 9.82. The van der Waals surface area contributed by atoms with E-state index in [1.165, 1.54) is 12.1 Å². The van der Waals surface area contributed by atoms with E-state index in [4.69, 9.17) is 5.26 Å². The molecule has 0 unspecified atom stereocenters. The van der Waals surface area contributed by atoms with E-state index in [2.05, 4.69) is 9.37 Å². The van der Waals surface area contributed by atoms with Crippen molar-refractivity contribution >= 4 is 70.9 Å². The molecular formula is C18H16N2O8S2Se2. The van der Waals surface area contributed by atoms with Crippen LogP contribution in [0, 0.1) is 0 Å². The zero-order valence-electron chi connectivity index (χ0n) is 16.2. The van der Waals surface area contributed by atoms with E-state index in [1.807, 2.05) is 6.07 Å². The van der Waals surface area contributed by atoms with Crippen LogP contribution in [0.4, 0.5) is 0 Å². The van der Waals surface area contributed by atoms with Crippen LogP contribution in [0.15, 0.2) is 55.8 Å². The average molecular weight is 610 g/mol. The van der Waals surface area contributed by atoms with Gasteiger partial charge in [0, 0.05) is 0 Å². The first-order valence-corrected chi connectivity index (χ1v) is 14.6. The molecule has 32 heavy (non-hydrogen) atoms. The van der Waals surface area contributed by atoms with Gasteiger partial charge in [-0.2, -0.15) is 0 Å². The molecule has 2 N–H and O–H groups in total. The van der Waals surface area contributed by atoms with Gasteiger partial charge in [-0.3, -0.25) is 0 Å². The van der Waals surface area contributed by atoms with Gasteiger partial charge in [0.1, 0.15) is 0 Å². The zero-order chi connectivity index (χ0) is 22.9. The fourth-order valence-electron chi connectivity index (χ4n) is 3.17. The van der Waals surface area contributed by atoms with Crippen molar-refractivity contribution in [3.8, 4) is 0 Å². The summed E-state index contributed by atoms with van der Waals surface area (Å²) >= 11 is 0.430. The van der Waals surface area contributed by atoms with Crippen molar-refractivity contribution in [2.45, 2.75) is 35.7 Å². The van der Waals surface area contributed by atoms with Crippen LogP contribution in [0.5, 0.6) is 0 Å². The van der Waals surface area contributed by atoms with Crippen molar-refractivity contribution in [1.82, 2.24) is 7.12 Å². The summed E-state index contributed by atoms with van der Waals surface area (Å²) in [6.07, 6.45) is 1.42. The number of fused-ring (bicyclic) bond motifs is 2. The quantitative estimate of drug-likeness (QED) is 0.0723. The first-order valence-electron chi connectivity index (χ1n) is 9.18. The van der Waals surface area contributed by atoms with Gasteiger partial charge >= 0.3 is 198 Å². The Labute approximate surface area is 197 Å². The minimum atomic E-state index is -4.36. The second-order valence-electron chi connectivity index (χ2n) is 6.72. The molecule has 0 bridgehead atoms. The molecule has 14 heteroatoms. The van der Waals surface area contributed by atoms with Crippen molar-refractivity contribution in [2.24, 2.45) is 0 Å². The summed E-state index contributed by atoms with van der Waals surface area (Å²) in [6.45, 7) is 1.08. The summed E-state index contributed by atoms with van der Waals surface area (Å²) in [5, 5.41) is 12.8. The van der Waals surface area contributed by atoms with E-state index in [0.29, 0.717) is 35.2 Å². The van der Waals surface area contributed by atoms with Crippen molar-refractivity contribution in [3.63, 3.8) is 0 Å². The van der Waals surface area contributed by atoms with Gasteiger partial charge in [0.15, 0.2) is 0 Å². The van der Waals surface area contributed by atoms with Gasteiger partial charge in [-0.25, -0.2) is 0 Å². The predicted molar refractivity (Wildman–Crippen MR) is 120 cm³/mol. The van der Waals surface area contributed by atoms with Crippen LogP contribution < -0.4 is 11.1 Å². The van der Waals surface area contributed by atoms with Gasteiger partial charge in [0.2, 0.25) is 0 Å². The van der Waals surface area contributed by atoms with E-state index < -0.39 is 10.1 Å². The monoisotopic (exact) mass is 612 g/mol. The molecule has 0 amide bonds. The van der Waals surface area contributed by atoms with E-state index in [0.717, 1.165) is 27.0 Å². The van der Waals surface area contributed by atoms with Gasteiger partial charge in [0.05, 0.1) is 0 Å². The van der Waals surface area contributed by atoms with E-state index in [9.17, 15) is 22.6 Å². The molecule has 2 aromatic heterocycles. The average Bonchev–Trinajstić information content (AvgIpc) is 3.25. The van der Waals surface area contributed by atoms with Crippen LogP contribution in [0.3, 0.4) is 0 Å². The summed E-state index contributed by atoms with van der Waals surface area (Å²) in [5.74, 6) is 0. The third-order valence-electron chi connectivity index (χ3n) is 4.66. The molecule has 4 rings (SSSR count). The molecule has 170 valence electrons. The maximum atomic E-state index is 12.7. The van der Waals surface area contributed by atoms with Crippen LogP contribution in [0.25, 0.3) is 19.3 Å². The predicted octanol–water partition coefficient (Wildman–Crippen LogP) is 1.59. The second-order valence-corrected chi connectivity index (χ2v) is 13.4. The Morgan fingerprint density at radius 2 is 1.47 bits per heavy atom. The molecule has 0 aliphatic heterocycles. The Balaban J connectivity index is 1.43. The molecule has 0 spiro atoms. The number of aryl methyl sites for hydroxylation is 2. The number of rotatable bonds is 9. The van der Waals surface area contributed by atoms with Crippen molar-refractivity contribution in [3.05, 3.63) is 57.1 Å². The molecule has 4 aromatic rings. The summed E-state index contributed by atoms with van der Waals surface area (Å²) in [7, 11) is -4.36. The maximum absolute atomic E-state index is 12.7. The number of benzene rings is 2. The molecule has 10 nitrogen and oxygen atoms in total. The molecule has 0 saturated heterocycles. The van der Waals surface area contributed by atoms with Crippen LogP contribution in [0.2, 0.25) is 0 Å². The summed E-state index contributed by atoms with van der Waals surface area (Å²) < 4.78 is 41.5. The molecule has 0 radical (unpaired) electrons. The topological polar surface area (TPSA) is 137 Å². The number of hydrogen-bond donors (Lipinski definition) is 2. The molecule has 0 aliphatic carbocycles. The van der Waals surface area contributed by atoms with Gasteiger partial charge in [-0.1, -0.05) is 0 Å². The van der Waals surface area contributed by atoms with Gasteiger partial charge in [0.25, 0.3) is 0 Å². The van der Waals surface area contributed by atoms with E-state index in [1.54, 1.807) is 25.3 Å². The minimum absolute atomic E-state index is 0.0565. The molecular weight excluding hydrogens is 594 g/mol. The number of hydrogen-bond acceptors (Lipinski definition) is 8. The van der Waals surface area contributed by atoms with Crippen LogP contribution in [-0.2, 0) is 32.6 Å². The first-order chi connectivity index (χ1) is 15.3. The Morgan fingerprint density at radius 3 is 2.03 bits per heavy atom. The number of aromatic nitrogens is 2. The summed E-state index contributed by atoms with van der Waals surface area (Å²) in [6, 6.07) is 9.45. The Bertz CT molecular complexity index is 1500. The fourth-order valence-corrected chi connectivity index (χ4v) is 8.33. The molecule has 0 saturated carbocycles. The molecule has 0 fully saturated rings. The van der Waals surface area contributed by atoms with E-state index in [-0.39, 0.29) is 45.5 Å². The zero-order valence-corrected chi connectivity index (χ0v) is 21.2. The normalized spacial score (nSPS) is 12.2. The first kappa shape index (κ1) is 23.7. The van der Waals surface area contributed by atoms with Crippen molar-refractivity contribution < 1.29 is 27.6 Å². The van der Waals surface area contributed by atoms with Crippen LogP contribution >= 0.6 is 12.0 Å². The van der Waals surface area contributed by atoms with Gasteiger partial charge < -0.3 is 0 Å². The number of nitrogens with zero attached hydrogens (tertiary/aromatic N) is 2. The third-order valence-corrected chi connectivity index (χ3v) is 10.8. The Hall–Kier alpha value is -1.44. The molecule has 2 aromatic carbocycles. The Kier molecular flexibility index (Phi) is 7.27. The van der Waals surface area contributed by atoms with Crippen LogP contribution in [0.1, 0.15) is 12.8 Å².